The Morgan fingerprint density at radius 1 is 1.53 bits per heavy atom. The zero-order valence-electron chi connectivity index (χ0n) is 9.20. The lowest BCUT2D eigenvalue weighted by molar-refractivity contribution is -0.117. The van der Waals surface area contributed by atoms with Gasteiger partial charge in [-0.15, -0.1) is 0 Å². The molecule has 1 saturated carbocycles. The Hall–Kier alpha value is -0.640. The van der Waals surface area contributed by atoms with E-state index < -0.39 is 10.8 Å². The summed E-state index contributed by atoms with van der Waals surface area (Å²) >= 11 is 0. The van der Waals surface area contributed by atoms with Gasteiger partial charge in [0.1, 0.15) is 0 Å². The Kier molecular flexibility index (Phi) is 5.02. The van der Waals surface area contributed by atoms with Gasteiger partial charge in [0.05, 0.1) is 5.25 Å². The summed E-state index contributed by atoms with van der Waals surface area (Å²) in [4.78, 5) is 11.2. The molecule has 0 bridgehead atoms. The third-order valence-corrected chi connectivity index (χ3v) is 4.65. The molecule has 0 spiro atoms. The van der Waals surface area contributed by atoms with E-state index in [1.54, 1.807) is 0 Å². The van der Waals surface area contributed by atoms with Crippen molar-refractivity contribution in [1.29, 1.82) is 0 Å². The van der Waals surface area contributed by atoms with Crippen molar-refractivity contribution in [2.75, 3.05) is 5.75 Å². The molecule has 1 fully saturated rings. The first kappa shape index (κ1) is 12.4. The van der Waals surface area contributed by atoms with Gasteiger partial charge in [-0.3, -0.25) is 9.00 Å². The van der Waals surface area contributed by atoms with Crippen molar-refractivity contribution in [3.8, 4) is 0 Å². The summed E-state index contributed by atoms with van der Waals surface area (Å²) in [5.74, 6) is 0.519. The molecule has 1 aliphatic rings. The minimum Gasteiger partial charge on any atom is -0.349 e. The lowest BCUT2D eigenvalue weighted by Crippen LogP contribution is -2.46. The lowest BCUT2D eigenvalue weighted by atomic mass is 9.95. The Morgan fingerprint density at radius 2 is 2.20 bits per heavy atom. The highest BCUT2D eigenvalue weighted by Crippen LogP contribution is 2.23. The van der Waals surface area contributed by atoms with Crippen LogP contribution in [0.2, 0.25) is 0 Å². The molecule has 1 N–H and O–H groups in total. The van der Waals surface area contributed by atoms with Crippen molar-refractivity contribution in [2.24, 2.45) is 0 Å². The van der Waals surface area contributed by atoms with Crippen molar-refractivity contribution < 1.29 is 9.00 Å². The number of carbonyl (C=O) groups is 1. The van der Waals surface area contributed by atoms with Crippen LogP contribution in [-0.4, -0.2) is 27.2 Å². The van der Waals surface area contributed by atoms with E-state index >= 15 is 0 Å². The molecule has 0 aliphatic heterocycles. The van der Waals surface area contributed by atoms with Gasteiger partial charge in [0, 0.05) is 22.6 Å². The van der Waals surface area contributed by atoms with Gasteiger partial charge in [0.25, 0.3) is 0 Å². The maximum Gasteiger partial charge on any atom is 0.243 e. The second-order valence-corrected chi connectivity index (χ2v) is 5.76. The molecule has 3 atom stereocenters. The molecule has 0 aromatic rings. The van der Waals surface area contributed by atoms with E-state index in [9.17, 15) is 9.00 Å². The van der Waals surface area contributed by atoms with Crippen molar-refractivity contribution in [3.05, 3.63) is 12.7 Å². The molecule has 1 aliphatic carbocycles. The standard InChI is InChI=1S/C11H19NO2S/c1-3-11(13)12-9-7-5-6-8-10(9)15(14)4-2/h3,9-10H,1,4-8H2,2H3,(H,12,13). The SMILES string of the molecule is C=CC(=O)NC1CCCCC1S(=O)CC. The zero-order valence-corrected chi connectivity index (χ0v) is 10.0. The lowest BCUT2D eigenvalue weighted by Gasteiger charge is -2.30. The number of amides is 1. The van der Waals surface area contributed by atoms with Crippen LogP contribution in [-0.2, 0) is 15.6 Å². The third-order valence-electron chi connectivity index (χ3n) is 2.84. The topological polar surface area (TPSA) is 46.2 Å². The van der Waals surface area contributed by atoms with E-state index in [1.807, 2.05) is 6.92 Å². The summed E-state index contributed by atoms with van der Waals surface area (Å²) in [7, 11) is -0.811. The van der Waals surface area contributed by atoms with Gasteiger partial charge in [0.15, 0.2) is 0 Å². The molecule has 86 valence electrons. The highest BCUT2D eigenvalue weighted by atomic mass is 32.2. The minimum absolute atomic E-state index is 0.0741. The molecule has 0 radical (unpaired) electrons. The van der Waals surface area contributed by atoms with Gasteiger partial charge in [-0.2, -0.15) is 0 Å². The highest BCUT2D eigenvalue weighted by Gasteiger charge is 2.29. The number of rotatable bonds is 4. The highest BCUT2D eigenvalue weighted by molar-refractivity contribution is 7.85. The van der Waals surface area contributed by atoms with Gasteiger partial charge in [0.2, 0.25) is 5.91 Å². The summed E-state index contributed by atoms with van der Waals surface area (Å²) in [6.07, 6.45) is 5.41. The average Bonchev–Trinajstić information content (AvgIpc) is 2.28. The second-order valence-electron chi connectivity index (χ2n) is 3.81. The molecular formula is C11H19NO2S. The first-order valence-electron chi connectivity index (χ1n) is 5.49. The van der Waals surface area contributed by atoms with Crippen LogP contribution in [0.4, 0.5) is 0 Å². The minimum atomic E-state index is -0.811. The fourth-order valence-corrected chi connectivity index (χ4v) is 3.46. The fraction of sp³-hybridized carbons (Fsp3) is 0.727. The van der Waals surface area contributed by atoms with Crippen LogP contribution in [0.15, 0.2) is 12.7 Å². The number of hydrogen-bond donors (Lipinski definition) is 1. The predicted molar refractivity (Wildman–Crippen MR) is 63.1 cm³/mol. The molecule has 0 aromatic heterocycles. The normalized spacial score (nSPS) is 28.1. The summed E-state index contributed by atoms with van der Waals surface area (Å²) in [6.45, 7) is 5.36. The molecule has 4 heteroatoms. The van der Waals surface area contributed by atoms with Crippen molar-refractivity contribution in [2.45, 2.75) is 43.9 Å². The summed E-state index contributed by atoms with van der Waals surface area (Å²) in [5, 5.41) is 3.02. The Balaban J connectivity index is 2.61. The maximum atomic E-state index is 11.8. The second kappa shape index (κ2) is 6.05. The van der Waals surface area contributed by atoms with Crippen molar-refractivity contribution in [3.63, 3.8) is 0 Å². The van der Waals surface area contributed by atoms with Crippen molar-refractivity contribution in [1.82, 2.24) is 5.32 Å². The van der Waals surface area contributed by atoms with Crippen LogP contribution >= 0.6 is 0 Å². The van der Waals surface area contributed by atoms with E-state index in [0.29, 0.717) is 5.75 Å². The van der Waals surface area contributed by atoms with E-state index in [0.717, 1.165) is 25.7 Å². The number of hydrogen-bond acceptors (Lipinski definition) is 2. The average molecular weight is 229 g/mol. The van der Waals surface area contributed by atoms with Gasteiger partial charge in [-0.25, -0.2) is 0 Å². The van der Waals surface area contributed by atoms with Crippen LogP contribution in [0.3, 0.4) is 0 Å². The largest absolute Gasteiger partial charge is 0.349 e. The molecule has 0 saturated heterocycles. The van der Waals surface area contributed by atoms with Gasteiger partial charge in [-0.05, 0) is 18.9 Å². The summed E-state index contributed by atoms with van der Waals surface area (Å²) < 4.78 is 11.8. The number of carbonyl (C=O) groups excluding carboxylic acids is 1. The molecule has 3 unspecified atom stereocenters. The Morgan fingerprint density at radius 3 is 2.80 bits per heavy atom. The van der Waals surface area contributed by atoms with E-state index in [2.05, 4.69) is 11.9 Å². The van der Waals surface area contributed by atoms with Gasteiger partial charge in [-0.1, -0.05) is 26.3 Å². The molecule has 1 amide bonds. The smallest absolute Gasteiger partial charge is 0.243 e. The first-order valence-corrected chi connectivity index (χ1v) is 6.87. The van der Waals surface area contributed by atoms with E-state index in [4.69, 9.17) is 0 Å². The maximum absolute atomic E-state index is 11.8. The van der Waals surface area contributed by atoms with Crippen molar-refractivity contribution >= 4 is 16.7 Å². The van der Waals surface area contributed by atoms with Gasteiger partial charge >= 0.3 is 0 Å². The Labute approximate surface area is 93.8 Å². The van der Waals surface area contributed by atoms with E-state index in [-0.39, 0.29) is 17.2 Å². The zero-order chi connectivity index (χ0) is 11.3. The summed E-state index contributed by atoms with van der Waals surface area (Å²) in [6, 6.07) is 0.0741. The quantitative estimate of drug-likeness (QED) is 0.740. The van der Waals surface area contributed by atoms with E-state index in [1.165, 1.54) is 6.08 Å². The fourth-order valence-electron chi connectivity index (χ4n) is 2.03. The molecule has 0 heterocycles. The van der Waals surface area contributed by atoms with Crippen LogP contribution in [0.5, 0.6) is 0 Å². The third kappa shape index (κ3) is 3.45. The molecule has 1 rings (SSSR count). The molecule has 15 heavy (non-hydrogen) atoms. The summed E-state index contributed by atoms with van der Waals surface area (Å²) in [5.41, 5.74) is 0. The van der Waals surface area contributed by atoms with Crippen LogP contribution < -0.4 is 5.32 Å². The molecule has 0 aromatic carbocycles. The Bertz CT molecular complexity index is 265. The predicted octanol–water partition coefficient (Wildman–Crippen LogP) is 1.37. The van der Waals surface area contributed by atoms with Crippen LogP contribution in [0.25, 0.3) is 0 Å². The van der Waals surface area contributed by atoms with Crippen LogP contribution in [0, 0.1) is 0 Å². The molecule has 3 nitrogen and oxygen atoms in total. The monoisotopic (exact) mass is 229 g/mol. The number of nitrogens with one attached hydrogen (secondary N) is 1. The first-order chi connectivity index (χ1) is 7.19. The van der Waals surface area contributed by atoms with Crippen LogP contribution in [0.1, 0.15) is 32.6 Å². The molecular weight excluding hydrogens is 210 g/mol. The van der Waals surface area contributed by atoms with Gasteiger partial charge < -0.3 is 5.32 Å².